The molecule has 0 aromatic heterocycles. The second kappa shape index (κ2) is 5.14. The summed E-state index contributed by atoms with van der Waals surface area (Å²) in [4.78, 5) is 5.17. The van der Waals surface area contributed by atoms with E-state index in [0.717, 1.165) is 12.8 Å². The van der Waals surface area contributed by atoms with E-state index in [9.17, 15) is 0 Å². The lowest BCUT2D eigenvalue weighted by Crippen LogP contribution is -2.37. The van der Waals surface area contributed by atoms with Gasteiger partial charge in [0.05, 0.1) is 5.41 Å². The number of nitrogens with zero attached hydrogens (tertiary/aromatic N) is 1. The van der Waals surface area contributed by atoms with Crippen LogP contribution in [0.1, 0.15) is 40.0 Å². The maximum absolute atomic E-state index is 7.20. The number of rotatable bonds is 5. The van der Waals surface area contributed by atoms with Crippen LogP contribution < -0.4 is 0 Å². The van der Waals surface area contributed by atoms with Gasteiger partial charge in [0, 0.05) is 0 Å². The Morgan fingerprint density at radius 2 is 2.33 bits per heavy atom. The van der Waals surface area contributed by atoms with Crippen LogP contribution in [0.4, 0.5) is 0 Å². The lowest BCUT2D eigenvalue weighted by Gasteiger charge is -2.32. The molecule has 0 spiro atoms. The summed E-state index contributed by atoms with van der Waals surface area (Å²) in [6.07, 6.45) is 3.96. The van der Waals surface area contributed by atoms with Gasteiger partial charge in [0.1, 0.15) is 6.10 Å². The highest BCUT2D eigenvalue weighted by Gasteiger charge is 2.34. The van der Waals surface area contributed by atoms with E-state index >= 15 is 0 Å². The Labute approximate surface area is 91.1 Å². The van der Waals surface area contributed by atoms with E-state index < -0.39 is 0 Å². The Hall–Kier alpha value is -1.06. The summed E-state index contributed by atoms with van der Waals surface area (Å²) in [6, 6.07) is 0. The van der Waals surface area contributed by atoms with Crippen LogP contribution in [0.2, 0.25) is 0 Å². The predicted octanol–water partition coefficient (Wildman–Crippen LogP) is 2.58. The Morgan fingerprint density at radius 3 is 2.87 bits per heavy atom. The van der Waals surface area contributed by atoms with Crippen LogP contribution in [0.25, 0.3) is 0 Å². The Balaban J connectivity index is 2.75. The second-order valence-corrected chi connectivity index (χ2v) is 4.16. The average Bonchev–Trinajstić information content (AvgIpc) is 2.29. The van der Waals surface area contributed by atoms with Crippen LogP contribution in [0.5, 0.6) is 0 Å². The number of ether oxygens (including phenoxy) is 1. The molecule has 0 radical (unpaired) electrons. The van der Waals surface area contributed by atoms with Crippen molar-refractivity contribution in [3.05, 3.63) is 0 Å². The first-order chi connectivity index (χ1) is 7.16. The molecule has 4 heteroatoms. The van der Waals surface area contributed by atoms with Gasteiger partial charge in [-0.3, -0.25) is 0 Å². The van der Waals surface area contributed by atoms with E-state index in [4.69, 9.17) is 15.0 Å². The number of nitrogens with one attached hydrogen (secondary N) is 1. The van der Waals surface area contributed by atoms with Crippen molar-refractivity contribution in [2.45, 2.75) is 46.1 Å². The first-order valence-corrected chi connectivity index (χ1v) is 5.52. The smallest absolute Gasteiger partial charge is 0.232 e. The molecule has 1 heterocycles. The molecule has 2 unspecified atom stereocenters. The molecule has 1 rings (SSSR count). The first kappa shape index (κ1) is 12.0. The monoisotopic (exact) mass is 212 g/mol. The van der Waals surface area contributed by atoms with E-state index in [1.807, 2.05) is 0 Å². The van der Waals surface area contributed by atoms with Crippen LogP contribution in [-0.4, -0.2) is 24.8 Å². The van der Waals surface area contributed by atoms with Gasteiger partial charge in [0.15, 0.2) is 6.61 Å². The first-order valence-electron chi connectivity index (χ1n) is 5.52. The molecule has 86 valence electrons. The molecular formula is C11H20N2O2. The van der Waals surface area contributed by atoms with E-state index in [1.54, 1.807) is 0 Å². The van der Waals surface area contributed by atoms with Crippen LogP contribution in [0, 0.1) is 10.8 Å². The SMILES string of the molecule is CCC1CON=C(C(C)(CC)CC=N)O1. The Bertz CT molecular complexity index is 253. The molecular weight excluding hydrogens is 192 g/mol. The summed E-state index contributed by atoms with van der Waals surface area (Å²) in [6.45, 7) is 6.73. The molecule has 0 fully saturated rings. The zero-order valence-electron chi connectivity index (χ0n) is 9.75. The van der Waals surface area contributed by atoms with Gasteiger partial charge < -0.3 is 15.0 Å². The van der Waals surface area contributed by atoms with Gasteiger partial charge in [-0.2, -0.15) is 0 Å². The maximum atomic E-state index is 7.20. The van der Waals surface area contributed by atoms with Gasteiger partial charge in [-0.15, -0.1) is 0 Å². The minimum absolute atomic E-state index is 0.106. The Kier molecular flexibility index (Phi) is 4.12. The van der Waals surface area contributed by atoms with E-state index in [1.165, 1.54) is 6.21 Å². The molecule has 1 aliphatic heterocycles. The maximum Gasteiger partial charge on any atom is 0.232 e. The van der Waals surface area contributed by atoms with Crippen molar-refractivity contribution in [2.24, 2.45) is 10.6 Å². The highest BCUT2D eigenvalue weighted by molar-refractivity contribution is 5.84. The van der Waals surface area contributed by atoms with E-state index in [-0.39, 0.29) is 11.5 Å². The summed E-state index contributed by atoms with van der Waals surface area (Å²) in [5, 5.41) is 11.2. The summed E-state index contributed by atoms with van der Waals surface area (Å²) in [5.74, 6) is 0.645. The zero-order valence-corrected chi connectivity index (χ0v) is 9.75. The van der Waals surface area contributed by atoms with Gasteiger partial charge in [0.2, 0.25) is 5.90 Å². The molecule has 0 aromatic rings. The van der Waals surface area contributed by atoms with Crippen molar-refractivity contribution >= 4 is 12.1 Å². The fourth-order valence-electron chi connectivity index (χ4n) is 1.45. The van der Waals surface area contributed by atoms with E-state index in [2.05, 4.69) is 25.9 Å². The van der Waals surface area contributed by atoms with Crippen molar-refractivity contribution < 1.29 is 9.57 Å². The third-order valence-electron chi connectivity index (χ3n) is 2.99. The molecule has 0 amide bonds. The van der Waals surface area contributed by atoms with E-state index in [0.29, 0.717) is 18.9 Å². The van der Waals surface area contributed by atoms with Crippen LogP contribution >= 0.6 is 0 Å². The summed E-state index contributed by atoms with van der Waals surface area (Å²) in [7, 11) is 0. The lowest BCUT2D eigenvalue weighted by atomic mass is 9.84. The third-order valence-corrected chi connectivity index (χ3v) is 2.99. The van der Waals surface area contributed by atoms with Crippen LogP contribution in [0.15, 0.2) is 5.16 Å². The molecule has 0 saturated heterocycles. The molecule has 0 aliphatic carbocycles. The fraction of sp³-hybridized carbons (Fsp3) is 0.818. The van der Waals surface area contributed by atoms with Gasteiger partial charge in [-0.05, 0) is 25.5 Å². The quantitative estimate of drug-likeness (QED) is 0.712. The predicted molar refractivity (Wildman–Crippen MR) is 60.3 cm³/mol. The molecule has 0 saturated carbocycles. The molecule has 1 aliphatic rings. The van der Waals surface area contributed by atoms with Crippen molar-refractivity contribution in [2.75, 3.05) is 6.61 Å². The minimum Gasteiger partial charge on any atom is -0.471 e. The summed E-state index contributed by atoms with van der Waals surface area (Å²) >= 11 is 0. The number of hydrogen-bond donors (Lipinski definition) is 1. The largest absolute Gasteiger partial charge is 0.471 e. The lowest BCUT2D eigenvalue weighted by molar-refractivity contribution is -0.00480. The molecule has 15 heavy (non-hydrogen) atoms. The highest BCUT2D eigenvalue weighted by atomic mass is 16.7. The van der Waals surface area contributed by atoms with Crippen molar-refractivity contribution in [3.8, 4) is 0 Å². The van der Waals surface area contributed by atoms with Gasteiger partial charge in [-0.25, -0.2) is 0 Å². The van der Waals surface area contributed by atoms with Crippen molar-refractivity contribution in [1.29, 1.82) is 5.41 Å². The minimum atomic E-state index is -0.199. The topological polar surface area (TPSA) is 54.7 Å². The second-order valence-electron chi connectivity index (χ2n) is 4.16. The third kappa shape index (κ3) is 2.70. The standard InChI is InChI=1S/C11H20N2O2/c1-4-9-8-14-13-10(15-9)11(3,5-2)6-7-12/h7,9,12H,4-6,8H2,1-3H3. The summed E-state index contributed by atoms with van der Waals surface area (Å²) in [5.41, 5.74) is -0.199. The zero-order chi connectivity index (χ0) is 11.3. The van der Waals surface area contributed by atoms with Crippen molar-refractivity contribution in [3.63, 3.8) is 0 Å². The number of oxime groups is 1. The molecule has 2 atom stereocenters. The molecule has 1 N–H and O–H groups in total. The molecule has 0 bridgehead atoms. The van der Waals surface area contributed by atoms with Gasteiger partial charge >= 0.3 is 0 Å². The molecule has 0 aromatic carbocycles. The normalized spacial score (nSPS) is 24.5. The Morgan fingerprint density at radius 1 is 1.60 bits per heavy atom. The van der Waals surface area contributed by atoms with Gasteiger partial charge in [-0.1, -0.05) is 25.9 Å². The average molecular weight is 212 g/mol. The number of hydrogen-bond acceptors (Lipinski definition) is 4. The van der Waals surface area contributed by atoms with Gasteiger partial charge in [0.25, 0.3) is 0 Å². The van der Waals surface area contributed by atoms with Crippen molar-refractivity contribution in [1.82, 2.24) is 0 Å². The molecule has 4 nitrogen and oxygen atoms in total. The summed E-state index contributed by atoms with van der Waals surface area (Å²) < 4.78 is 5.77. The fourth-order valence-corrected chi connectivity index (χ4v) is 1.45. The van der Waals surface area contributed by atoms with Crippen LogP contribution in [-0.2, 0) is 9.57 Å². The van der Waals surface area contributed by atoms with Crippen LogP contribution in [0.3, 0.4) is 0 Å². The highest BCUT2D eigenvalue weighted by Crippen LogP contribution is 2.30.